The van der Waals surface area contributed by atoms with Crippen LogP contribution in [0.2, 0.25) is 0 Å². The molecule has 1 aliphatic heterocycles. The lowest BCUT2D eigenvalue weighted by molar-refractivity contribution is -0.145. The topological polar surface area (TPSA) is 127 Å². The number of carbonyl (C=O) groups is 3. The molecule has 1 aromatic heterocycles. The number of hydrogen-bond donors (Lipinski definition) is 3. The van der Waals surface area contributed by atoms with Crippen molar-refractivity contribution in [3.63, 3.8) is 0 Å². The van der Waals surface area contributed by atoms with E-state index in [1.165, 1.54) is 7.11 Å². The first kappa shape index (κ1) is 28.1. The van der Waals surface area contributed by atoms with Gasteiger partial charge in [-0.25, -0.2) is 4.79 Å². The quantitative estimate of drug-likeness (QED) is 0.175. The molecule has 35 heavy (non-hydrogen) atoms. The number of benzene rings is 1. The molecule has 4 N–H and O–H groups in total. The van der Waals surface area contributed by atoms with Gasteiger partial charge >= 0.3 is 5.97 Å². The van der Waals surface area contributed by atoms with Gasteiger partial charge in [-0.3, -0.25) is 15.0 Å². The maximum atomic E-state index is 13.1. The molecular formula is C26H35ClN4O4. The van der Waals surface area contributed by atoms with E-state index in [1.54, 1.807) is 0 Å². The second kappa shape index (κ2) is 13.7. The fraction of sp³-hybridized carbons (Fsp3) is 0.462. The van der Waals surface area contributed by atoms with Crippen LogP contribution in [-0.4, -0.2) is 41.2 Å². The Morgan fingerprint density at radius 3 is 2.71 bits per heavy atom. The lowest BCUT2D eigenvalue weighted by Crippen LogP contribution is -2.44. The van der Waals surface area contributed by atoms with Crippen molar-refractivity contribution in [1.82, 2.24) is 9.88 Å². The normalized spacial score (nSPS) is 18.9. The average Bonchev–Trinajstić information content (AvgIpc) is 3.15. The highest BCUT2D eigenvalue weighted by Gasteiger charge is 2.27. The average molecular weight is 503 g/mol. The van der Waals surface area contributed by atoms with E-state index in [4.69, 9.17) is 15.9 Å². The molecule has 0 radical (unpaired) electrons. The van der Waals surface area contributed by atoms with Gasteiger partial charge in [0, 0.05) is 48.8 Å². The third-order valence-electron chi connectivity index (χ3n) is 6.25. The summed E-state index contributed by atoms with van der Waals surface area (Å²) in [6.45, 7) is 0.597. The summed E-state index contributed by atoms with van der Waals surface area (Å²) in [5, 5.41) is 11.2. The number of Topliss-reactive ketones (excluding diaryl/α,β-unsaturated/α-hetero) is 1. The highest BCUT2D eigenvalue weighted by molar-refractivity contribution is 5.93. The summed E-state index contributed by atoms with van der Waals surface area (Å²) in [5.74, 6) is -1.20. The van der Waals surface area contributed by atoms with E-state index in [1.807, 2.05) is 42.6 Å². The molecule has 0 aliphatic carbocycles. The number of hydrogen-bond acceptors (Lipinski definition) is 5. The maximum Gasteiger partial charge on any atom is 0.328 e. The Kier molecular flexibility index (Phi) is 11.0. The molecule has 9 heteroatoms. The third-order valence-corrected chi connectivity index (χ3v) is 6.25. The Bertz CT molecular complexity index is 1080. The van der Waals surface area contributed by atoms with Gasteiger partial charge in [0.15, 0.2) is 0 Å². The van der Waals surface area contributed by atoms with Crippen LogP contribution in [0.5, 0.6) is 0 Å². The molecule has 1 aromatic carbocycles. The summed E-state index contributed by atoms with van der Waals surface area (Å²) in [6, 6.07) is 7.18. The molecule has 0 saturated carbocycles. The van der Waals surface area contributed by atoms with Crippen LogP contribution in [0, 0.1) is 11.3 Å². The van der Waals surface area contributed by atoms with E-state index >= 15 is 0 Å². The summed E-state index contributed by atoms with van der Waals surface area (Å²) >= 11 is 0. The van der Waals surface area contributed by atoms with Crippen molar-refractivity contribution < 1.29 is 19.1 Å². The summed E-state index contributed by atoms with van der Waals surface area (Å²) in [7, 11) is 1.30. The van der Waals surface area contributed by atoms with Crippen LogP contribution in [0.15, 0.2) is 42.6 Å². The standard InChI is InChI=1S/C26H34N4O4.ClH/c1-34-26(33)22-11-7-8-14-30-17-19(21-10-5-6-12-23(21)30)16-20(31)15-18(25(32)29-22)9-3-2-4-13-24(27)28;/h5-8,10,12,17-18,22H,2-4,9,11,13-16H2,1H3,(H3,27,28)(H,29,32);1H/t18-,22-;/m1./s1. The van der Waals surface area contributed by atoms with Gasteiger partial charge in [-0.05, 0) is 30.9 Å². The van der Waals surface area contributed by atoms with E-state index < -0.39 is 17.9 Å². The van der Waals surface area contributed by atoms with Crippen LogP contribution in [0.3, 0.4) is 0 Å². The zero-order valence-corrected chi connectivity index (χ0v) is 20.9. The molecule has 0 fully saturated rings. The number of fused-ring (bicyclic) bond motifs is 5. The van der Waals surface area contributed by atoms with Gasteiger partial charge in [0.2, 0.25) is 5.91 Å². The van der Waals surface area contributed by atoms with Gasteiger partial charge in [0.25, 0.3) is 0 Å². The number of amides is 1. The molecule has 0 unspecified atom stereocenters. The van der Waals surface area contributed by atoms with Gasteiger partial charge in [-0.2, -0.15) is 0 Å². The number of para-hydroxylation sites is 1. The lowest BCUT2D eigenvalue weighted by Gasteiger charge is -2.20. The number of nitrogens with zero attached hydrogens (tertiary/aromatic N) is 1. The highest BCUT2D eigenvalue weighted by atomic mass is 35.5. The molecule has 2 heterocycles. The number of methoxy groups -OCH3 is 1. The molecule has 0 spiro atoms. The molecule has 2 aromatic rings. The fourth-order valence-electron chi connectivity index (χ4n) is 4.45. The number of ether oxygens (including phenoxy) is 1. The summed E-state index contributed by atoms with van der Waals surface area (Å²) in [5.41, 5.74) is 7.42. The number of allylic oxidation sites excluding steroid dienone is 1. The first-order chi connectivity index (χ1) is 16.4. The molecule has 0 saturated heterocycles. The monoisotopic (exact) mass is 502 g/mol. The molecule has 1 amide bonds. The van der Waals surface area contributed by atoms with Crippen molar-refractivity contribution in [1.29, 1.82) is 5.41 Å². The number of amidine groups is 1. The van der Waals surface area contributed by atoms with Crippen molar-refractivity contribution in [3.8, 4) is 0 Å². The largest absolute Gasteiger partial charge is 0.467 e. The predicted octanol–water partition coefficient (Wildman–Crippen LogP) is 3.69. The number of nitrogens with two attached hydrogens (primary N) is 1. The van der Waals surface area contributed by atoms with E-state index in [-0.39, 0.29) is 42.8 Å². The SMILES string of the molecule is COC(=O)[C@H]1CC=CCn2cc(c3ccccc32)CC(=O)C[C@@H](CCCCCC(=N)N)C(=O)N1.Cl. The number of aromatic nitrogens is 1. The zero-order chi connectivity index (χ0) is 24.5. The minimum atomic E-state index is -0.802. The summed E-state index contributed by atoms with van der Waals surface area (Å²) < 4.78 is 6.98. The number of ketones is 1. The second-order valence-electron chi connectivity index (χ2n) is 8.86. The van der Waals surface area contributed by atoms with Gasteiger partial charge in [-0.1, -0.05) is 43.2 Å². The number of halogens is 1. The number of nitrogens with one attached hydrogen (secondary N) is 2. The zero-order valence-electron chi connectivity index (χ0n) is 20.1. The van der Waals surface area contributed by atoms with Gasteiger partial charge < -0.3 is 20.4 Å². The van der Waals surface area contributed by atoms with E-state index in [0.717, 1.165) is 35.7 Å². The lowest BCUT2D eigenvalue weighted by atomic mass is 9.92. The Morgan fingerprint density at radius 1 is 1.20 bits per heavy atom. The fourth-order valence-corrected chi connectivity index (χ4v) is 4.45. The molecule has 1 aliphatic rings. The van der Waals surface area contributed by atoms with Crippen LogP contribution in [0.4, 0.5) is 0 Å². The Morgan fingerprint density at radius 2 is 1.97 bits per heavy atom. The molecule has 3 rings (SSSR count). The van der Waals surface area contributed by atoms with E-state index in [9.17, 15) is 14.4 Å². The smallest absolute Gasteiger partial charge is 0.328 e. The summed E-state index contributed by atoms with van der Waals surface area (Å²) in [4.78, 5) is 38.5. The van der Waals surface area contributed by atoms with Crippen molar-refractivity contribution >= 4 is 46.8 Å². The van der Waals surface area contributed by atoms with Crippen LogP contribution in [0.1, 0.15) is 50.5 Å². The number of esters is 1. The highest BCUT2D eigenvalue weighted by Crippen LogP contribution is 2.24. The maximum absolute atomic E-state index is 13.1. The predicted molar refractivity (Wildman–Crippen MR) is 139 cm³/mol. The number of carbonyl (C=O) groups excluding carboxylic acids is 3. The van der Waals surface area contributed by atoms with Gasteiger partial charge in [-0.15, -0.1) is 12.4 Å². The number of rotatable bonds is 7. The van der Waals surface area contributed by atoms with Crippen LogP contribution < -0.4 is 11.1 Å². The second-order valence-corrected chi connectivity index (χ2v) is 8.86. The first-order valence-corrected chi connectivity index (χ1v) is 11.8. The van der Waals surface area contributed by atoms with E-state index in [2.05, 4.69) is 9.88 Å². The van der Waals surface area contributed by atoms with Crippen molar-refractivity contribution in [2.24, 2.45) is 11.7 Å². The van der Waals surface area contributed by atoms with Gasteiger partial charge in [0.05, 0.1) is 12.9 Å². The minimum Gasteiger partial charge on any atom is -0.467 e. The molecule has 8 nitrogen and oxygen atoms in total. The number of unbranched alkanes of at least 4 members (excludes halogenated alkanes) is 2. The molecule has 2 bridgehead atoms. The molecule has 190 valence electrons. The van der Waals surface area contributed by atoms with Crippen LogP contribution >= 0.6 is 12.4 Å². The van der Waals surface area contributed by atoms with Crippen molar-refractivity contribution in [2.75, 3.05) is 7.11 Å². The third kappa shape index (κ3) is 7.96. The van der Waals surface area contributed by atoms with E-state index in [0.29, 0.717) is 25.8 Å². The molecular weight excluding hydrogens is 468 g/mol. The Hall–Kier alpha value is -3.13. The minimum absolute atomic E-state index is 0. The van der Waals surface area contributed by atoms with Crippen LogP contribution in [0.25, 0.3) is 10.9 Å². The first-order valence-electron chi connectivity index (χ1n) is 11.8. The Labute approximate surface area is 212 Å². The van der Waals surface area contributed by atoms with Crippen LogP contribution in [-0.2, 0) is 32.1 Å². The van der Waals surface area contributed by atoms with Gasteiger partial charge in [0.1, 0.15) is 11.8 Å². The Balaban J connectivity index is 0.00000432. The van der Waals surface area contributed by atoms with Crippen molar-refractivity contribution in [3.05, 3.63) is 48.2 Å². The molecule has 2 atom stereocenters. The summed E-state index contributed by atoms with van der Waals surface area (Å²) in [6.07, 6.45) is 9.90. The van der Waals surface area contributed by atoms with Crippen molar-refractivity contribution in [2.45, 2.75) is 64.0 Å².